The maximum Gasteiger partial charge on any atom is 0.0947 e. The van der Waals surface area contributed by atoms with Gasteiger partial charge in [-0.3, -0.25) is 4.99 Å². The molecule has 1 aliphatic carbocycles. The summed E-state index contributed by atoms with van der Waals surface area (Å²) in [6, 6.07) is 0. The second-order valence-corrected chi connectivity index (χ2v) is 3.27. The van der Waals surface area contributed by atoms with Crippen LogP contribution in [0.3, 0.4) is 0 Å². The summed E-state index contributed by atoms with van der Waals surface area (Å²) in [4.78, 5) is 5.04. The third-order valence-corrected chi connectivity index (χ3v) is 2.38. The number of methoxy groups -OCH3 is 1. The van der Waals surface area contributed by atoms with Gasteiger partial charge in [-0.1, -0.05) is 12.2 Å². The van der Waals surface area contributed by atoms with Gasteiger partial charge < -0.3 is 4.74 Å². The van der Waals surface area contributed by atoms with Crippen molar-refractivity contribution in [2.24, 2.45) is 4.99 Å². The summed E-state index contributed by atoms with van der Waals surface area (Å²) in [6.07, 6.45) is 9.48. The molecule has 0 amide bonds. The Morgan fingerprint density at radius 3 is 3.08 bits per heavy atom. The molecule has 1 heterocycles. The maximum atomic E-state index is 5.19. The molecule has 0 aromatic rings. The summed E-state index contributed by atoms with van der Waals surface area (Å²) in [5, 5.41) is 0. The minimum Gasteiger partial charge on any atom is -0.373 e. The second-order valence-electron chi connectivity index (χ2n) is 2.83. The molecule has 2 rings (SSSR count). The molecule has 66 valence electrons. The standard InChI is InChI=1S/C10H9NOS/c1-12-7-2-3-9-8(6-7)10(13)4-5-11-9/h2-7H,1H3. The van der Waals surface area contributed by atoms with Crippen LogP contribution >= 0.6 is 12.2 Å². The zero-order chi connectivity index (χ0) is 9.26. The molecule has 2 nitrogen and oxygen atoms in total. The number of fused-ring (bicyclic) bond motifs is 1. The summed E-state index contributed by atoms with van der Waals surface area (Å²) in [6.45, 7) is 0. The summed E-state index contributed by atoms with van der Waals surface area (Å²) < 4.78 is 5.19. The lowest BCUT2D eigenvalue weighted by molar-refractivity contribution is 0.177. The van der Waals surface area contributed by atoms with Crippen LogP contribution in [0.5, 0.6) is 0 Å². The Labute approximate surface area is 82.3 Å². The predicted molar refractivity (Wildman–Crippen MR) is 57.2 cm³/mol. The number of nitrogens with zero attached hydrogens (tertiary/aromatic N) is 1. The zero-order valence-corrected chi connectivity index (χ0v) is 8.04. The number of rotatable bonds is 1. The fraction of sp³-hybridized carbons (Fsp3) is 0.200. The van der Waals surface area contributed by atoms with Crippen molar-refractivity contribution >= 4 is 22.8 Å². The summed E-state index contributed by atoms with van der Waals surface area (Å²) >= 11 is 5.18. The second kappa shape index (κ2) is 3.36. The van der Waals surface area contributed by atoms with Crippen molar-refractivity contribution in [1.82, 2.24) is 0 Å². The lowest BCUT2D eigenvalue weighted by Crippen LogP contribution is -2.19. The van der Waals surface area contributed by atoms with Gasteiger partial charge in [-0.15, -0.1) is 0 Å². The largest absolute Gasteiger partial charge is 0.373 e. The Morgan fingerprint density at radius 1 is 1.46 bits per heavy atom. The van der Waals surface area contributed by atoms with Gasteiger partial charge in [0.2, 0.25) is 0 Å². The Morgan fingerprint density at radius 2 is 2.31 bits per heavy atom. The molecule has 0 fully saturated rings. The third-order valence-electron chi connectivity index (χ3n) is 2.03. The summed E-state index contributed by atoms with van der Waals surface area (Å²) in [7, 11) is 1.68. The molecule has 0 bridgehead atoms. The Hall–Kier alpha value is -1.06. The number of ether oxygens (including phenoxy) is 1. The van der Waals surface area contributed by atoms with Crippen LogP contribution in [0.25, 0.3) is 0 Å². The van der Waals surface area contributed by atoms with Crippen molar-refractivity contribution in [3.05, 3.63) is 36.1 Å². The molecule has 0 radical (unpaired) electrons. The highest BCUT2D eigenvalue weighted by Crippen LogP contribution is 2.17. The zero-order valence-electron chi connectivity index (χ0n) is 7.23. The number of hydrogen-bond acceptors (Lipinski definition) is 3. The van der Waals surface area contributed by atoms with E-state index >= 15 is 0 Å². The quantitative estimate of drug-likeness (QED) is 0.590. The lowest BCUT2D eigenvalue weighted by Gasteiger charge is -2.17. The predicted octanol–water partition coefficient (Wildman–Crippen LogP) is 1.84. The van der Waals surface area contributed by atoms with Gasteiger partial charge >= 0.3 is 0 Å². The van der Waals surface area contributed by atoms with Gasteiger partial charge in [0.15, 0.2) is 0 Å². The van der Waals surface area contributed by atoms with Crippen LogP contribution in [0.15, 0.2) is 41.1 Å². The van der Waals surface area contributed by atoms with Crippen LogP contribution in [0.1, 0.15) is 0 Å². The van der Waals surface area contributed by atoms with Crippen LogP contribution < -0.4 is 0 Å². The minimum atomic E-state index is 0.0263. The van der Waals surface area contributed by atoms with E-state index in [-0.39, 0.29) is 6.10 Å². The molecule has 1 atom stereocenters. The average Bonchev–Trinajstić information content (AvgIpc) is 2.18. The van der Waals surface area contributed by atoms with Gasteiger partial charge in [-0.05, 0) is 24.3 Å². The minimum absolute atomic E-state index is 0.0263. The smallest absolute Gasteiger partial charge is 0.0947 e. The number of hydrogen-bond donors (Lipinski definition) is 0. The van der Waals surface area contributed by atoms with Crippen LogP contribution in [0.4, 0.5) is 0 Å². The maximum absolute atomic E-state index is 5.19. The van der Waals surface area contributed by atoms with E-state index in [1.165, 1.54) is 0 Å². The van der Waals surface area contributed by atoms with E-state index in [1.54, 1.807) is 13.3 Å². The van der Waals surface area contributed by atoms with E-state index in [2.05, 4.69) is 4.99 Å². The molecule has 0 aromatic carbocycles. The van der Waals surface area contributed by atoms with Crippen molar-refractivity contribution in [2.45, 2.75) is 6.10 Å². The molecule has 0 saturated carbocycles. The van der Waals surface area contributed by atoms with Crippen molar-refractivity contribution in [2.75, 3.05) is 7.11 Å². The third kappa shape index (κ3) is 1.53. The first-order chi connectivity index (χ1) is 6.31. The molecule has 0 spiro atoms. The SMILES string of the molecule is COC1C=CC2=NC=CC(=S)C2=C1. The molecule has 13 heavy (non-hydrogen) atoms. The monoisotopic (exact) mass is 191 g/mol. The average molecular weight is 191 g/mol. The van der Waals surface area contributed by atoms with Crippen LogP contribution in [0.2, 0.25) is 0 Å². The van der Waals surface area contributed by atoms with Crippen molar-refractivity contribution in [1.29, 1.82) is 0 Å². The summed E-state index contributed by atoms with van der Waals surface area (Å²) in [5.41, 5.74) is 1.94. The molecule has 1 unspecified atom stereocenters. The molecule has 0 aromatic heterocycles. The number of aliphatic imine (C=N–C) groups is 1. The van der Waals surface area contributed by atoms with E-state index in [0.29, 0.717) is 0 Å². The Balaban J connectivity index is 2.38. The Kier molecular flexibility index (Phi) is 2.20. The van der Waals surface area contributed by atoms with Crippen LogP contribution in [-0.4, -0.2) is 23.8 Å². The van der Waals surface area contributed by atoms with E-state index in [9.17, 15) is 0 Å². The molecule has 2 aliphatic rings. The van der Waals surface area contributed by atoms with E-state index < -0.39 is 0 Å². The van der Waals surface area contributed by atoms with Gasteiger partial charge in [0.1, 0.15) is 0 Å². The van der Waals surface area contributed by atoms with Gasteiger partial charge in [0.25, 0.3) is 0 Å². The highest BCUT2D eigenvalue weighted by Gasteiger charge is 2.17. The van der Waals surface area contributed by atoms with Gasteiger partial charge in [0, 0.05) is 23.7 Å². The number of allylic oxidation sites excluding steroid dienone is 3. The molecular weight excluding hydrogens is 182 g/mol. The van der Waals surface area contributed by atoms with Gasteiger partial charge in [-0.2, -0.15) is 0 Å². The van der Waals surface area contributed by atoms with Gasteiger partial charge in [0.05, 0.1) is 11.8 Å². The first kappa shape index (κ1) is 8.53. The molecule has 0 saturated heterocycles. The first-order valence-corrected chi connectivity index (χ1v) is 4.44. The highest BCUT2D eigenvalue weighted by atomic mass is 32.1. The summed E-state index contributed by atoms with van der Waals surface area (Å²) in [5.74, 6) is 0. The van der Waals surface area contributed by atoms with Crippen molar-refractivity contribution in [3.63, 3.8) is 0 Å². The fourth-order valence-corrected chi connectivity index (χ4v) is 1.56. The van der Waals surface area contributed by atoms with Crippen molar-refractivity contribution < 1.29 is 4.74 Å². The van der Waals surface area contributed by atoms with Gasteiger partial charge in [-0.25, -0.2) is 0 Å². The van der Waals surface area contributed by atoms with E-state index in [4.69, 9.17) is 17.0 Å². The molecule has 1 aliphatic heterocycles. The Bertz CT molecular complexity index is 363. The lowest BCUT2D eigenvalue weighted by atomic mass is 9.97. The van der Waals surface area contributed by atoms with Crippen molar-refractivity contribution in [3.8, 4) is 0 Å². The highest BCUT2D eigenvalue weighted by molar-refractivity contribution is 7.81. The topological polar surface area (TPSA) is 21.6 Å². The normalized spacial score (nSPS) is 25.3. The molecule has 0 N–H and O–H groups in total. The van der Waals surface area contributed by atoms with E-state index in [1.807, 2.05) is 24.3 Å². The van der Waals surface area contributed by atoms with Crippen LogP contribution in [-0.2, 0) is 4.74 Å². The van der Waals surface area contributed by atoms with Crippen LogP contribution in [0, 0.1) is 0 Å². The first-order valence-electron chi connectivity index (χ1n) is 4.03. The fourth-order valence-electron chi connectivity index (χ4n) is 1.32. The van der Waals surface area contributed by atoms with E-state index in [0.717, 1.165) is 16.1 Å². The molecular formula is C10H9NOS. The molecule has 3 heteroatoms. The number of thiocarbonyl (C=S) groups is 1.